The normalized spacial score (nSPS) is 28.6. The molecule has 4 atom stereocenters. The summed E-state index contributed by atoms with van der Waals surface area (Å²) in [6.45, 7) is -0.422. The molecule has 3 heterocycles. The van der Waals surface area contributed by atoms with Gasteiger partial charge in [-0.15, -0.1) is 0 Å². The molecule has 2 aromatic heterocycles. The fraction of sp³-hybridized carbons (Fsp3) is 0.583. The summed E-state index contributed by atoms with van der Waals surface area (Å²) in [6.07, 6.45) is -2.92. The largest absolute Gasteiger partial charge is 0.394 e. The lowest BCUT2D eigenvalue weighted by Gasteiger charge is -2.17. The van der Waals surface area contributed by atoms with E-state index in [9.17, 15) is 20.1 Å². The Balaban J connectivity index is 2.22. The van der Waals surface area contributed by atoms with Crippen molar-refractivity contribution in [2.45, 2.75) is 24.5 Å². The second-order valence-electron chi connectivity index (χ2n) is 5.26. The first-order valence-corrected chi connectivity index (χ1v) is 7.04. The molecule has 0 saturated carbocycles. The van der Waals surface area contributed by atoms with E-state index >= 15 is 0 Å². The number of ether oxygens (including phenoxy) is 1. The van der Waals surface area contributed by atoms with Gasteiger partial charge in [-0.05, 0) is 0 Å². The SMILES string of the molecule is Cn1c(=S)c2c(ncn2[C@@H]2O[C@H](CO)[C@@H](O)[C@H]2O)n(C)c1=O. The third-order valence-corrected chi connectivity index (χ3v) is 4.43. The van der Waals surface area contributed by atoms with E-state index in [0.717, 1.165) is 0 Å². The summed E-state index contributed by atoms with van der Waals surface area (Å²) < 4.78 is 9.82. The maximum absolute atomic E-state index is 12.0. The first-order valence-electron chi connectivity index (χ1n) is 6.63. The topological polar surface area (TPSA) is 115 Å². The molecule has 2 aromatic rings. The molecule has 1 saturated heterocycles. The number of aryl methyl sites for hydroxylation is 1. The van der Waals surface area contributed by atoms with E-state index in [0.29, 0.717) is 11.2 Å². The van der Waals surface area contributed by atoms with Crippen LogP contribution in [-0.2, 0) is 18.8 Å². The first-order chi connectivity index (χ1) is 10.4. The number of rotatable bonds is 2. The van der Waals surface area contributed by atoms with Crippen LogP contribution in [0.5, 0.6) is 0 Å². The fourth-order valence-electron chi connectivity index (χ4n) is 2.67. The Morgan fingerprint density at radius 3 is 2.59 bits per heavy atom. The molecule has 120 valence electrons. The molecule has 0 aliphatic carbocycles. The molecule has 1 aliphatic rings. The molecule has 0 bridgehead atoms. The summed E-state index contributed by atoms with van der Waals surface area (Å²) in [4.78, 5) is 16.2. The highest BCUT2D eigenvalue weighted by atomic mass is 32.1. The molecule has 22 heavy (non-hydrogen) atoms. The van der Waals surface area contributed by atoms with E-state index in [1.807, 2.05) is 0 Å². The number of aliphatic hydroxyl groups is 3. The van der Waals surface area contributed by atoms with E-state index in [1.165, 1.54) is 20.0 Å². The number of fused-ring (bicyclic) bond motifs is 1. The van der Waals surface area contributed by atoms with Gasteiger partial charge in [0.1, 0.15) is 28.5 Å². The zero-order valence-corrected chi connectivity index (χ0v) is 12.8. The van der Waals surface area contributed by atoms with Crippen LogP contribution < -0.4 is 5.69 Å². The van der Waals surface area contributed by atoms with Gasteiger partial charge in [0, 0.05) is 14.1 Å². The zero-order chi connectivity index (χ0) is 16.2. The van der Waals surface area contributed by atoms with E-state index in [-0.39, 0.29) is 10.3 Å². The van der Waals surface area contributed by atoms with Crippen molar-refractivity contribution in [2.75, 3.05) is 6.61 Å². The van der Waals surface area contributed by atoms with Crippen LogP contribution in [0.1, 0.15) is 6.23 Å². The van der Waals surface area contributed by atoms with Gasteiger partial charge in [0.2, 0.25) is 0 Å². The molecule has 1 aliphatic heterocycles. The Kier molecular flexibility index (Phi) is 3.65. The Morgan fingerprint density at radius 1 is 1.32 bits per heavy atom. The molecule has 3 rings (SSSR count). The molecule has 0 aromatic carbocycles. The van der Waals surface area contributed by atoms with Crippen molar-refractivity contribution in [1.82, 2.24) is 18.7 Å². The summed E-state index contributed by atoms with van der Waals surface area (Å²) >= 11 is 5.28. The lowest BCUT2D eigenvalue weighted by atomic mass is 10.1. The minimum atomic E-state index is -1.24. The predicted molar refractivity (Wildman–Crippen MR) is 77.8 cm³/mol. The second-order valence-corrected chi connectivity index (χ2v) is 5.65. The fourth-order valence-corrected chi connectivity index (χ4v) is 2.94. The maximum Gasteiger partial charge on any atom is 0.330 e. The van der Waals surface area contributed by atoms with Gasteiger partial charge in [-0.25, -0.2) is 9.78 Å². The highest BCUT2D eigenvalue weighted by molar-refractivity contribution is 7.71. The Hall–Kier alpha value is -1.59. The van der Waals surface area contributed by atoms with Crippen LogP contribution in [0.15, 0.2) is 11.1 Å². The van der Waals surface area contributed by atoms with Gasteiger partial charge in [-0.2, -0.15) is 0 Å². The second kappa shape index (κ2) is 5.25. The summed E-state index contributed by atoms with van der Waals surface area (Å²) in [5.41, 5.74) is 0.476. The van der Waals surface area contributed by atoms with Crippen LogP contribution in [0.4, 0.5) is 0 Å². The number of hydrogen-bond acceptors (Lipinski definition) is 7. The Bertz CT molecular complexity index is 840. The van der Waals surface area contributed by atoms with Crippen LogP contribution in [0, 0.1) is 4.64 Å². The number of hydrogen-bond donors (Lipinski definition) is 3. The smallest absolute Gasteiger partial charge is 0.330 e. The molecule has 1 fully saturated rings. The number of nitrogens with zero attached hydrogens (tertiary/aromatic N) is 4. The lowest BCUT2D eigenvalue weighted by Crippen LogP contribution is -2.33. The first kappa shape index (κ1) is 15.3. The highest BCUT2D eigenvalue weighted by Gasteiger charge is 2.44. The van der Waals surface area contributed by atoms with Crippen molar-refractivity contribution in [3.05, 3.63) is 21.5 Å². The molecule has 3 N–H and O–H groups in total. The number of aliphatic hydroxyl groups excluding tert-OH is 3. The van der Waals surface area contributed by atoms with E-state index in [1.54, 1.807) is 14.1 Å². The third-order valence-electron chi connectivity index (χ3n) is 3.96. The lowest BCUT2D eigenvalue weighted by molar-refractivity contribution is -0.0509. The van der Waals surface area contributed by atoms with Crippen molar-refractivity contribution in [1.29, 1.82) is 0 Å². The monoisotopic (exact) mass is 328 g/mol. The highest BCUT2D eigenvalue weighted by Crippen LogP contribution is 2.31. The number of aromatic nitrogens is 4. The van der Waals surface area contributed by atoms with Crippen molar-refractivity contribution in [2.24, 2.45) is 14.1 Å². The van der Waals surface area contributed by atoms with Gasteiger partial charge >= 0.3 is 5.69 Å². The van der Waals surface area contributed by atoms with Crippen LogP contribution in [0.3, 0.4) is 0 Å². The average Bonchev–Trinajstić information content (AvgIpc) is 3.06. The minimum Gasteiger partial charge on any atom is -0.394 e. The van der Waals surface area contributed by atoms with Crippen LogP contribution >= 0.6 is 12.2 Å². The molecule has 0 spiro atoms. The van der Waals surface area contributed by atoms with Gasteiger partial charge in [0.05, 0.1) is 12.9 Å². The molecular formula is C12H16N4O5S. The summed E-state index contributed by atoms with van der Waals surface area (Å²) in [5.74, 6) is 0. The summed E-state index contributed by atoms with van der Waals surface area (Å²) in [6, 6.07) is 0. The van der Waals surface area contributed by atoms with Crippen LogP contribution in [0.2, 0.25) is 0 Å². The van der Waals surface area contributed by atoms with E-state index < -0.39 is 31.1 Å². The Labute approximate surface area is 129 Å². The quantitative estimate of drug-likeness (QED) is 0.570. The zero-order valence-electron chi connectivity index (χ0n) is 11.9. The molecule has 0 unspecified atom stereocenters. The van der Waals surface area contributed by atoms with E-state index in [2.05, 4.69) is 4.98 Å². The molecular weight excluding hydrogens is 312 g/mol. The average molecular weight is 328 g/mol. The summed E-state index contributed by atoms with van der Waals surface area (Å²) in [7, 11) is 3.10. The van der Waals surface area contributed by atoms with Gasteiger partial charge in [0.15, 0.2) is 11.9 Å². The van der Waals surface area contributed by atoms with Gasteiger partial charge in [-0.1, -0.05) is 12.2 Å². The van der Waals surface area contributed by atoms with Crippen molar-refractivity contribution < 1.29 is 20.1 Å². The van der Waals surface area contributed by atoms with Crippen molar-refractivity contribution in [3.8, 4) is 0 Å². The predicted octanol–water partition coefficient (Wildman–Crippen LogP) is -1.59. The van der Waals surface area contributed by atoms with Crippen molar-refractivity contribution >= 4 is 23.4 Å². The molecule has 10 heteroatoms. The number of imidazole rings is 1. The minimum absolute atomic E-state index is 0.244. The van der Waals surface area contributed by atoms with Gasteiger partial charge < -0.3 is 20.1 Å². The van der Waals surface area contributed by atoms with Crippen molar-refractivity contribution in [3.63, 3.8) is 0 Å². The van der Waals surface area contributed by atoms with E-state index in [4.69, 9.17) is 17.0 Å². The van der Waals surface area contributed by atoms with Gasteiger partial charge in [-0.3, -0.25) is 13.7 Å². The standard InChI is InChI=1S/C12H16N4O5S/c1-14-9-6(11(22)15(2)12(14)20)16(4-13-9)10-8(19)7(18)5(3-17)21-10/h4-5,7-8,10,17-19H,3H2,1-2H3/t5-,7-,8-,10-/m1/s1. The van der Waals surface area contributed by atoms with Crippen LogP contribution in [-0.4, -0.2) is 58.9 Å². The van der Waals surface area contributed by atoms with Gasteiger partial charge in [0.25, 0.3) is 0 Å². The molecule has 0 amide bonds. The molecule has 9 nitrogen and oxygen atoms in total. The Morgan fingerprint density at radius 2 is 2.00 bits per heavy atom. The maximum atomic E-state index is 12.0. The third kappa shape index (κ3) is 1.96. The van der Waals surface area contributed by atoms with Crippen LogP contribution in [0.25, 0.3) is 11.2 Å². The summed E-state index contributed by atoms with van der Waals surface area (Å²) in [5, 5.41) is 29.2. The molecule has 0 radical (unpaired) electrons.